The largest absolute Gasteiger partial charge is 0.464 e. The van der Waals surface area contributed by atoms with Crippen LogP contribution in [-0.2, 0) is 16.0 Å². The van der Waals surface area contributed by atoms with Gasteiger partial charge in [0.25, 0.3) is 0 Å². The van der Waals surface area contributed by atoms with E-state index in [-0.39, 0.29) is 12.3 Å². The maximum atomic E-state index is 13.0. The normalized spacial score (nSPS) is 12.7. The first-order valence-corrected chi connectivity index (χ1v) is 7.64. The average Bonchev–Trinajstić information content (AvgIpc) is 2.99. The van der Waals surface area contributed by atoms with Crippen LogP contribution < -0.4 is 5.69 Å². The minimum absolute atomic E-state index is 0.269. The third-order valence-corrected chi connectivity index (χ3v) is 3.86. The fourth-order valence-electron chi connectivity index (χ4n) is 2.75. The molecule has 0 N–H and O–H groups in total. The molecule has 0 bridgehead atoms. The predicted molar refractivity (Wildman–Crippen MR) is 85.5 cm³/mol. The van der Waals surface area contributed by atoms with Crippen LogP contribution in [0.15, 0.2) is 29.1 Å². The number of benzene rings is 1. The first-order chi connectivity index (χ1) is 11.1. The molecule has 7 nitrogen and oxygen atoms in total. The zero-order chi connectivity index (χ0) is 16.6. The molecule has 0 radical (unpaired) electrons. The molecule has 1 unspecified atom stereocenters. The highest BCUT2D eigenvalue weighted by molar-refractivity contribution is 5.92. The fraction of sp³-hybridized carbons (Fsp3) is 0.375. The highest BCUT2D eigenvalue weighted by Gasteiger charge is 2.23. The van der Waals surface area contributed by atoms with Crippen LogP contribution in [-0.4, -0.2) is 31.7 Å². The molecule has 0 aliphatic heterocycles. The van der Waals surface area contributed by atoms with Crippen molar-refractivity contribution in [3.05, 3.63) is 40.6 Å². The molecule has 7 heteroatoms. The van der Waals surface area contributed by atoms with Crippen LogP contribution in [0.2, 0.25) is 0 Å². The number of ether oxygens (including phenoxy) is 1. The van der Waals surface area contributed by atoms with Gasteiger partial charge in [0.15, 0.2) is 5.65 Å². The van der Waals surface area contributed by atoms with Gasteiger partial charge in [-0.1, -0.05) is 19.1 Å². The van der Waals surface area contributed by atoms with Crippen molar-refractivity contribution in [2.75, 3.05) is 6.61 Å². The monoisotopic (exact) mass is 314 g/mol. The number of hydrogen-bond donors (Lipinski definition) is 0. The summed E-state index contributed by atoms with van der Waals surface area (Å²) in [5, 5.41) is 9.01. The molecule has 0 aliphatic rings. The summed E-state index contributed by atoms with van der Waals surface area (Å²) < 4.78 is 7.99. The summed E-state index contributed by atoms with van der Waals surface area (Å²) in [4.78, 5) is 25.1. The summed E-state index contributed by atoms with van der Waals surface area (Å²) in [5.74, 6) is 0.130. The van der Waals surface area contributed by atoms with Crippen molar-refractivity contribution in [1.29, 1.82) is 0 Å². The molecule has 0 amide bonds. The predicted octanol–water partition coefficient (Wildman–Crippen LogP) is 1.73. The number of para-hydroxylation sites is 1. The molecular weight excluding hydrogens is 296 g/mol. The molecule has 3 rings (SSSR count). The number of aryl methyl sites for hydroxylation is 1. The number of aromatic nitrogens is 4. The minimum atomic E-state index is -0.733. The Hall–Kier alpha value is -2.70. The highest BCUT2D eigenvalue weighted by atomic mass is 16.5. The van der Waals surface area contributed by atoms with Gasteiger partial charge in [0.05, 0.1) is 12.1 Å². The molecule has 23 heavy (non-hydrogen) atoms. The topological polar surface area (TPSA) is 78.5 Å². The Bertz CT molecular complexity index is 942. The van der Waals surface area contributed by atoms with Crippen molar-refractivity contribution in [1.82, 2.24) is 19.2 Å². The van der Waals surface area contributed by atoms with E-state index in [1.807, 2.05) is 25.1 Å². The molecule has 120 valence electrons. The Kier molecular flexibility index (Phi) is 3.85. The van der Waals surface area contributed by atoms with Crippen molar-refractivity contribution < 1.29 is 9.53 Å². The van der Waals surface area contributed by atoms with Gasteiger partial charge in [0.1, 0.15) is 11.9 Å². The van der Waals surface area contributed by atoms with Crippen LogP contribution in [0.5, 0.6) is 0 Å². The Balaban J connectivity index is 2.40. The van der Waals surface area contributed by atoms with Crippen LogP contribution >= 0.6 is 0 Å². The Morgan fingerprint density at radius 1 is 1.26 bits per heavy atom. The third kappa shape index (κ3) is 2.28. The molecule has 0 saturated carbocycles. The molecule has 0 aliphatic carbocycles. The molecule has 0 saturated heterocycles. The molecule has 2 heterocycles. The van der Waals surface area contributed by atoms with Crippen LogP contribution in [0.3, 0.4) is 0 Å². The van der Waals surface area contributed by atoms with Crippen molar-refractivity contribution >= 4 is 22.5 Å². The van der Waals surface area contributed by atoms with Gasteiger partial charge in [0, 0.05) is 11.8 Å². The quantitative estimate of drug-likeness (QED) is 0.685. The lowest BCUT2D eigenvalue weighted by atomic mass is 10.2. The van der Waals surface area contributed by atoms with Crippen LogP contribution in [0, 0.1) is 0 Å². The van der Waals surface area contributed by atoms with E-state index in [0.29, 0.717) is 23.4 Å². The van der Waals surface area contributed by atoms with Gasteiger partial charge in [-0.2, -0.15) is 0 Å². The lowest BCUT2D eigenvalue weighted by Gasteiger charge is -2.17. The maximum absolute atomic E-state index is 13.0. The molecule has 0 spiro atoms. The number of nitrogens with zero attached hydrogens (tertiary/aromatic N) is 4. The summed E-state index contributed by atoms with van der Waals surface area (Å²) in [6.45, 7) is 5.58. The second kappa shape index (κ2) is 5.83. The smallest absolute Gasteiger partial charge is 0.336 e. The SMILES string of the molecule is CCOC(=O)C(C)n1c(=O)n2c(CC)nnc2c2ccccc21. The van der Waals surface area contributed by atoms with E-state index < -0.39 is 12.0 Å². The molecule has 0 fully saturated rings. The number of hydrogen-bond acceptors (Lipinski definition) is 5. The third-order valence-electron chi connectivity index (χ3n) is 3.86. The fourth-order valence-corrected chi connectivity index (χ4v) is 2.75. The van der Waals surface area contributed by atoms with E-state index >= 15 is 0 Å². The lowest BCUT2D eigenvalue weighted by molar-refractivity contribution is -0.146. The second-order valence-corrected chi connectivity index (χ2v) is 5.23. The zero-order valence-electron chi connectivity index (χ0n) is 13.3. The van der Waals surface area contributed by atoms with Gasteiger partial charge < -0.3 is 4.74 Å². The first-order valence-electron chi connectivity index (χ1n) is 7.64. The summed E-state index contributed by atoms with van der Waals surface area (Å²) in [6, 6.07) is 6.62. The van der Waals surface area contributed by atoms with E-state index in [2.05, 4.69) is 10.2 Å². The molecule has 2 aromatic heterocycles. The standard InChI is InChI=1S/C16H18N4O3/c1-4-13-17-18-14-11-8-6-7-9-12(11)19(16(22)20(13)14)10(3)15(21)23-5-2/h6-10H,4-5H2,1-3H3. The van der Waals surface area contributed by atoms with Crippen LogP contribution in [0.4, 0.5) is 0 Å². The molecule has 1 atom stereocenters. The second-order valence-electron chi connectivity index (χ2n) is 5.23. The summed E-state index contributed by atoms with van der Waals surface area (Å²) in [7, 11) is 0. The van der Waals surface area contributed by atoms with Gasteiger partial charge in [-0.05, 0) is 26.0 Å². The van der Waals surface area contributed by atoms with Gasteiger partial charge in [-0.25, -0.2) is 14.0 Å². The highest BCUT2D eigenvalue weighted by Crippen LogP contribution is 2.20. The molecular formula is C16H18N4O3. The van der Waals surface area contributed by atoms with E-state index in [1.54, 1.807) is 19.9 Å². The van der Waals surface area contributed by atoms with Gasteiger partial charge >= 0.3 is 11.7 Å². The number of carbonyl (C=O) groups excluding carboxylic acids is 1. The minimum Gasteiger partial charge on any atom is -0.464 e. The van der Waals surface area contributed by atoms with Gasteiger partial charge in [-0.3, -0.25) is 4.57 Å². The van der Waals surface area contributed by atoms with Crippen molar-refractivity contribution in [2.24, 2.45) is 0 Å². The summed E-state index contributed by atoms with van der Waals surface area (Å²) >= 11 is 0. The van der Waals surface area contributed by atoms with Crippen molar-refractivity contribution in [3.63, 3.8) is 0 Å². The van der Waals surface area contributed by atoms with Crippen LogP contribution in [0.1, 0.15) is 32.6 Å². The van der Waals surface area contributed by atoms with Gasteiger partial charge in [0.2, 0.25) is 0 Å². The number of fused-ring (bicyclic) bond motifs is 3. The Morgan fingerprint density at radius 3 is 2.70 bits per heavy atom. The van der Waals surface area contributed by atoms with Crippen LogP contribution in [0.25, 0.3) is 16.6 Å². The number of rotatable bonds is 4. The van der Waals surface area contributed by atoms with E-state index in [1.165, 1.54) is 8.97 Å². The summed E-state index contributed by atoms with van der Waals surface area (Å²) in [6.07, 6.45) is 0.572. The van der Waals surface area contributed by atoms with Crippen molar-refractivity contribution in [2.45, 2.75) is 33.2 Å². The maximum Gasteiger partial charge on any atom is 0.336 e. The molecule has 1 aromatic carbocycles. The Labute approximate surface area is 132 Å². The van der Waals surface area contributed by atoms with E-state index in [0.717, 1.165) is 5.39 Å². The number of esters is 1. The Morgan fingerprint density at radius 2 is 2.00 bits per heavy atom. The molecule has 3 aromatic rings. The summed E-state index contributed by atoms with van der Waals surface area (Å²) in [5.41, 5.74) is 0.816. The zero-order valence-corrected chi connectivity index (χ0v) is 13.3. The number of carbonyl (C=O) groups is 1. The van der Waals surface area contributed by atoms with E-state index in [4.69, 9.17) is 4.74 Å². The van der Waals surface area contributed by atoms with Crippen molar-refractivity contribution in [3.8, 4) is 0 Å². The lowest BCUT2D eigenvalue weighted by Crippen LogP contribution is -2.34. The van der Waals surface area contributed by atoms with E-state index in [9.17, 15) is 9.59 Å². The van der Waals surface area contributed by atoms with Gasteiger partial charge in [-0.15, -0.1) is 10.2 Å². The first kappa shape index (κ1) is 15.2. The average molecular weight is 314 g/mol.